The first-order valence-electron chi connectivity index (χ1n) is 5.80. The zero-order valence-electron chi connectivity index (χ0n) is 11.5. The number of carboxylic acid groups (broad SMARTS) is 3. The molecular weight excluding hydrogens is 336 g/mol. The second kappa shape index (κ2) is 8.22. The van der Waals surface area contributed by atoms with Crippen LogP contribution >= 0.6 is 0 Å². The molecule has 0 aliphatic carbocycles. The van der Waals surface area contributed by atoms with Gasteiger partial charge in [-0.1, -0.05) is 18.2 Å². The highest BCUT2D eigenvalue weighted by Gasteiger charge is 2.40. The summed E-state index contributed by atoms with van der Waals surface area (Å²) in [5, 5.41) is 33.8. The minimum Gasteiger partial charge on any atom is -0.481 e. The summed E-state index contributed by atoms with van der Waals surface area (Å²) >= 11 is 0. The Morgan fingerprint density at radius 1 is 0.913 bits per heavy atom. The molecule has 128 valence electrons. The number of carboxylic acids is 3. The molecule has 0 saturated carbocycles. The van der Waals surface area contributed by atoms with Crippen LogP contribution in [-0.2, 0) is 24.5 Å². The summed E-state index contributed by atoms with van der Waals surface area (Å²) in [5.41, 5.74) is -2.74. The van der Waals surface area contributed by atoms with Crippen LogP contribution in [0.25, 0.3) is 0 Å². The average Bonchev–Trinajstić information content (AvgIpc) is 2.37. The lowest BCUT2D eigenvalue weighted by Crippen LogP contribution is -2.42. The Labute approximate surface area is 130 Å². The summed E-state index contributed by atoms with van der Waals surface area (Å²) < 4.78 is 29.2. The molecule has 0 aromatic heterocycles. The van der Waals surface area contributed by atoms with E-state index in [2.05, 4.69) is 0 Å². The number of aliphatic carboxylic acids is 3. The Kier molecular flexibility index (Phi) is 7.32. The topological polar surface area (TPSA) is 186 Å². The van der Waals surface area contributed by atoms with Crippen LogP contribution < -0.4 is 0 Å². The van der Waals surface area contributed by atoms with Crippen molar-refractivity contribution in [3.63, 3.8) is 0 Å². The van der Waals surface area contributed by atoms with E-state index in [1.54, 1.807) is 18.2 Å². The monoisotopic (exact) mass is 350 g/mol. The molecule has 0 aliphatic heterocycles. The van der Waals surface area contributed by atoms with E-state index >= 15 is 0 Å². The first-order chi connectivity index (χ1) is 10.4. The minimum atomic E-state index is -4.00. The van der Waals surface area contributed by atoms with Crippen LogP contribution in [-0.4, -0.2) is 56.9 Å². The van der Waals surface area contributed by atoms with Crippen LogP contribution in [0, 0.1) is 0 Å². The predicted octanol–water partition coefficient (Wildman–Crippen LogP) is -0.315. The third kappa shape index (κ3) is 7.90. The van der Waals surface area contributed by atoms with E-state index in [-0.39, 0.29) is 4.90 Å². The molecule has 0 saturated heterocycles. The van der Waals surface area contributed by atoms with Crippen molar-refractivity contribution in [3.05, 3.63) is 30.3 Å². The van der Waals surface area contributed by atoms with Crippen molar-refractivity contribution in [2.45, 2.75) is 23.3 Å². The van der Waals surface area contributed by atoms with Gasteiger partial charge in [0.05, 0.1) is 17.7 Å². The third-order valence-electron chi connectivity index (χ3n) is 2.33. The summed E-state index contributed by atoms with van der Waals surface area (Å²) in [6.45, 7) is 0. The smallest absolute Gasteiger partial charge is 0.336 e. The van der Waals surface area contributed by atoms with Gasteiger partial charge in [0.25, 0.3) is 10.1 Å². The Bertz CT molecular complexity index is 648. The van der Waals surface area contributed by atoms with E-state index in [0.29, 0.717) is 0 Å². The predicted molar refractivity (Wildman–Crippen MR) is 73.3 cm³/mol. The molecule has 23 heavy (non-hydrogen) atoms. The number of carbonyl (C=O) groups is 3. The first kappa shape index (κ1) is 20.5. The average molecular weight is 350 g/mol. The maximum Gasteiger partial charge on any atom is 0.336 e. The molecule has 0 radical (unpaired) electrons. The fourth-order valence-corrected chi connectivity index (χ4v) is 1.81. The molecule has 0 fully saturated rings. The minimum absolute atomic E-state index is 0.0741. The van der Waals surface area contributed by atoms with Gasteiger partial charge in [0.2, 0.25) is 0 Å². The molecule has 0 amide bonds. The van der Waals surface area contributed by atoms with E-state index < -0.39 is 46.5 Å². The highest BCUT2D eigenvalue weighted by atomic mass is 32.2. The van der Waals surface area contributed by atoms with Crippen molar-refractivity contribution in [2.75, 3.05) is 0 Å². The maximum absolute atomic E-state index is 10.4. The van der Waals surface area contributed by atoms with Crippen molar-refractivity contribution in [1.29, 1.82) is 0 Å². The van der Waals surface area contributed by atoms with E-state index in [1.165, 1.54) is 12.1 Å². The van der Waals surface area contributed by atoms with E-state index in [1.807, 2.05) is 0 Å². The van der Waals surface area contributed by atoms with Crippen molar-refractivity contribution in [1.82, 2.24) is 0 Å². The van der Waals surface area contributed by atoms with Gasteiger partial charge in [0, 0.05) is 0 Å². The second-order valence-electron chi connectivity index (χ2n) is 4.27. The van der Waals surface area contributed by atoms with E-state index in [4.69, 9.17) is 25.0 Å². The van der Waals surface area contributed by atoms with Crippen LogP contribution in [0.1, 0.15) is 12.8 Å². The molecule has 0 heterocycles. The SMILES string of the molecule is O=C(O)CC(O)(CC(=O)O)C(=O)O.O=S(=O)(O)c1ccccc1. The summed E-state index contributed by atoms with van der Waals surface area (Å²) in [6, 6.07) is 7.42. The van der Waals surface area contributed by atoms with Gasteiger partial charge in [-0.25, -0.2) is 4.79 Å². The normalized spacial score (nSPS) is 11.0. The Balaban J connectivity index is 0.000000433. The van der Waals surface area contributed by atoms with Gasteiger partial charge in [0.15, 0.2) is 5.60 Å². The first-order valence-corrected chi connectivity index (χ1v) is 7.24. The van der Waals surface area contributed by atoms with Crippen molar-refractivity contribution in [2.24, 2.45) is 0 Å². The van der Waals surface area contributed by atoms with Crippen LogP contribution in [0.3, 0.4) is 0 Å². The third-order valence-corrected chi connectivity index (χ3v) is 3.19. The van der Waals surface area contributed by atoms with Crippen molar-refractivity contribution < 1.29 is 47.8 Å². The number of benzene rings is 1. The highest BCUT2D eigenvalue weighted by Crippen LogP contribution is 2.15. The van der Waals surface area contributed by atoms with Gasteiger partial charge in [-0.15, -0.1) is 0 Å². The molecule has 11 heteroatoms. The fourth-order valence-electron chi connectivity index (χ4n) is 1.31. The second-order valence-corrected chi connectivity index (χ2v) is 5.69. The van der Waals surface area contributed by atoms with Crippen molar-refractivity contribution in [3.8, 4) is 0 Å². The maximum atomic E-state index is 10.4. The Morgan fingerprint density at radius 3 is 1.52 bits per heavy atom. The van der Waals surface area contributed by atoms with Gasteiger partial charge in [-0.3, -0.25) is 14.1 Å². The fraction of sp³-hybridized carbons (Fsp3) is 0.250. The molecule has 5 N–H and O–H groups in total. The van der Waals surface area contributed by atoms with Gasteiger partial charge < -0.3 is 20.4 Å². The Morgan fingerprint density at radius 2 is 1.30 bits per heavy atom. The summed E-state index contributed by atoms with van der Waals surface area (Å²) in [7, 11) is -4.00. The molecule has 0 bridgehead atoms. The van der Waals surface area contributed by atoms with E-state index in [9.17, 15) is 22.8 Å². The van der Waals surface area contributed by atoms with Gasteiger partial charge in [-0.2, -0.15) is 8.42 Å². The molecule has 0 aliphatic rings. The zero-order chi connectivity index (χ0) is 18.3. The largest absolute Gasteiger partial charge is 0.481 e. The van der Waals surface area contributed by atoms with Crippen molar-refractivity contribution >= 4 is 28.0 Å². The molecule has 0 spiro atoms. The molecular formula is C12H14O10S. The molecule has 1 rings (SSSR count). The standard InChI is InChI=1S/C6H8O7.C6H6O3S/c7-3(8)1-6(13,5(11)12)2-4(9)10;7-10(8,9)6-4-2-1-3-5-6/h13H,1-2H2,(H,7,8)(H,9,10)(H,11,12);1-5H,(H,7,8,9). The number of hydrogen-bond acceptors (Lipinski definition) is 6. The number of aliphatic hydroxyl groups is 1. The Hall–Kier alpha value is -2.50. The number of hydrogen-bond donors (Lipinski definition) is 5. The quantitative estimate of drug-likeness (QED) is 0.426. The summed E-state index contributed by atoms with van der Waals surface area (Å²) in [6.07, 6.45) is -2.29. The molecule has 1 aromatic carbocycles. The molecule has 10 nitrogen and oxygen atoms in total. The van der Waals surface area contributed by atoms with Crippen LogP contribution in [0.5, 0.6) is 0 Å². The van der Waals surface area contributed by atoms with Gasteiger partial charge in [-0.05, 0) is 12.1 Å². The summed E-state index contributed by atoms with van der Waals surface area (Å²) in [5.74, 6) is -5.02. The van der Waals surface area contributed by atoms with Gasteiger partial charge >= 0.3 is 17.9 Å². The highest BCUT2D eigenvalue weighted by molar-refractivity contribution is 7.85. The number of rotatable bonds is 6. The lowest BCUT2D eigenvalue weighted by atomic mass is 9.96. The van der Waals surface area contributed by atoms with Crippen LogP contribution in [0.4, 0.5) is 0 Å². The molecule has 1 aromatic rings. The van der Waals surface area contributed by atoms with Gasteiger partial charge in [0.1, 0.15) is 0 Å². The molecule has 0 atom stereocenters. The lowest BCUT2D eigenvalue weighted by molar-refractivity contribution is -0.170. The van der Waals surface area contributed by atoms with Crippen LogP contribution in [0.15, 0.2) is 35.2 Å². The molecule has 0 unspecified atom stereocenters. The van der Waals surface area contributed by atoms with Crippen LogP contribution in [0.2, 0.25) is 0 Å². The summed E-state index contributed by atoms with van der Waals surface area (Å²) in [4.78, 5) is 30.4. The van der Waals surface area contributed by atoms with E-state index in [0.717, 1.165) is 0 Å². The lowest BCUT2D eigenvalue weighted by Gasteiger charge is -2.18. The zero-order valence-corrected chi connectivity index (χ0v) is 12.3.